The van der Waals surface area contributed by atoms with E-state index in [0.717, 1.165) is 11.1 Å². The van der Waals surface area contributed by atoms with Gasteiger partial charge in [-0.15, -0.1) is 0 Å². The Hall–Kier alpha value is -3.09. The summed E-state index contributed by atoms with van der Waals surface area (Å²) in [6.45, 7) is 2.04. The molecule has 0 bridgehead atoms. The lowest BCUT2D eigenvalue weighted by Gasteiger charge is -2.19. The molecule has 0 aliphatic heterocycles. The fraction of sp³-hybridized carbons (Fsp3) is 0.381. The lowest BCUT2D eigenvalue weighted by Crippen LogP contribution is -2.25. The molecule has 152 valence electrons. The largest absolute Gasteiger partial charge is 0.493 e. The highest BCUT2D eigenvalue weighted by Crippen LogP contribution is 2.42. The lowest BCUT2D eigenvalue weighted by atomic mass is 9.92. The Labute approximate surface area is 165 Å². The van der Waals surface area contributed by atoms with Gasteiger partial charge in [0.15, 0.2) is 23.0 Å². The highest BCUT2D eigenvalue weighted by molar-refractivity contribution is 5.71. The first-order valence-corrected chi connectivity index (χ1v) is 8.73. The molecular formula is C21H27NO6. The average Bonchev–Trinajstić information content (AvgIpc) is 2.71. The van der Waals surface area contributed by atoms with Crippen molar-refractivity contribution in [2.75, 3.05) is 42.5 Å². The third kappa shape index (κ3) is 4.42. The first-order chi connectivity index (χ1) is 13.4. The van der Waals surface area contributed by atoms with Crippen molar-refractivity contribution in [2.24, 2.45) is 0 Å². The van der Waals surface area contributed by atoms with E-state index in [1.807, 2.05) is 25.1 Å². The minimum absolute atomic E-state index is 0.0311. The molecule has 0 fully saturated rings. The van der Waals surface area contributed by atoms with Crippen molar-refractivity contribution in [3.05, 3.63) is 41.5 Å². The van der Waals surface area contributed by atoms with Crippen LogP contribution in [0.4, 0.5) is 4.79 Å². The smallest absolute Gasteiger partial charge is 0.414 e. The van der Waals surface area contributed by atoms with E-state index in [4.69, 9.17) is 23.7 Å². The Morgan fingerprint density at radius 1 is 0.786 bits per heavy atom. The van der Waals surface area contributed by atoms with Gasteiger partial charge in [0.05, 0.1) is 28.4 Å². The first-order valence-electron chi connectivity index (χ1n) is 8.73. The van der Waals surface area contributed by atoms with E-state index in [1.165, 1.54) is 12.0 Å². The van der Waals surface area contributed by atoms with Crippen molar-refractivity contribution < 1.29 is 28.5 Å². The van der Waals surface area contributed by atoms with Gasteiger partial charge in [-0.05, 0) is 35.4 Å². The maximum absolute atomic E-state index is 12.0. The Bertz CT molecular complexity index is 809. The number of amides is 1. The van der Waals surface area contributed by atoms with Gasteiger partial charge in [-0.1, -0.05) is 13.0 Å². The zero-order chi connectivity index (χ0) is 20.8. The van der Waals surface area contributed by atoms with Crippen LogP contribution < -0.4 is 23.7 Å². The normalized spacial score (nSPS) is 11.4. The van der Waals surface area contributed by atoms with Gasteiger partial charge in [0.25, 0.3) is 0 Å². The molecule has 0 heterocycles. The molecule has 2 rings (SSSR count). The van der Waals surface area contributed by atoms with Crippen molar-refractivity contribution in [1.82, 2.24) is 4.90 Å². The third-order valence-electron chi connectivity index (χ3n) is 4.44. The van der Waals surface area contributed by atoms with Crippen LogP contribution in [0.15, 0.2) is 30.3 Å². The van der Waals surface area contributed by atoms with E-state index in [2.05, 4.69) is 0 Å². The summed E-state index contributed by atoms with van der Waals surface area (Å²) < 4.78 is 27.0. The summed E-state index contributed by atoms with van der Waals surface area (Å²) in [5.74, 6) is 2.51. The summed E-state index contributed by atoms with van der Waals surface area (Å²) in [6.07, 6.45) is -0.476. The van der Waals surface area contributed by atoms with Crippen molar-refractivity contribution in [1.29, 1.82) is 0 Å². The molecule has 1 unspecified atom stereocenters. The molecule has 0 N–H and O–H groups in total. The van der Waals surface area contributed by atoms with Crippen LogP contribution in [0.25, 0.3) is 0 Å². The van der Waals surface area contributed by atoms with Gasteiger partial charge in [0.2, 0.25) is 5.75 Å². The van der Waals surface area contributed by atoms with Crippen LogP contribution >= 0.6 is 0 Å². The quantitative estimate of drug-likeness (QED) is 0.715. The molecule has 28 heavy (non-hydrogen) atoms. The Balaban J connectivity index is 2.46. The Kier molecular flexibility index (Phi) is 6.98. The van der Waals surface area contributed by atoms with Gasteiger partial charge in [-0.3, -0.25) is 0 Å². The van der Waals surface area contributed by atoms with Crippen LogP contribution in [0.5, 0.6) is 28.7 Å². The highest BCUT2D eigenvalue weighted by Gasteiger charge is 2.20. The van der Waals surface area contributed by atoms with E-state index >= 15 is 0 Å². The molecule has 1 atom stereocenters. The van der Waals surface area contributed by atoms with Crippen LogP contribution in [0, 0.1) is 0 Å². The maximum atomic E-state index is 12.0. The number of methoxy groups -OCH3 is 4. The SMILES string of the molecule is COc1ccc(C(C)c2cc(OC)c(OC)c(OC)c2)cc1OC(=O)N(C)C. The molecule has 0 aliphatic rings. The zero-order valence-corrected chi connectivity index (χ0v) is 17.4. The fourth-order valence-electron chi connectivity index (χ4n) is 2.77. The van der Waals surface area contributed by atoms with Crippen LogP contribution in [-0.2, 0) is 0 Å². The molecule has 2 aromatic rings. The number of hydrogen-bond donors (Lipinski definition) is 0. The van der Waals surface area contributed by atoms with Gasteiger partial charge in [-0.25, -0.2) is 4.79 Å². The topological polar surface area (TPSA) is 66.5 Å². The summed E-state index contributed by atoms with van der Waals surface area (Å²) in [4.78, 5) is 13.3. The lowest BCUT2D eigenvalue weighted by molar-refractivity contribution is 0.170. The van der Waals surface area contributed by atoms with Crippen LogP contribution in [0.3, 0.4) is 0 Å². The van der Waals surface area contributed by atoms with Gasteiger partial charge >= 0.3 is 6.09 Å². The van der Waals surface area contributed by atoms with Crippen molar-refractivity contribution in [2.45, 2.75) is 12.8 Å². The number of hydrogen-bond acceptors (Lipinski definition) is 6. The molecule has 7 nitrogen and oxygen atoms in total. The van der Waals surface area contributed by atoms with Crippen molar-refractivity contribution in [3.8, 4) is 28.7 Å². The second kappa shape index (κ2) is 9.21. The van der Waals surface area contributed by atoms with E-state index in [0.29, 0.717) is 28.7 Å². The summed E-state index contributed by atoms with van der Waals surface area (Å²) in [6, 6.07) is 9.32. The number of nitrogens with zero attached hydrogens (tertiary/aromatic N) is 1. The number of carbonyl (C=O) groups is 1. The summed E-state index contributed by atoms with van der Waals surface area (Å²) in [5.41, 5.74) is 1.90. The van der Waals surface area contributed by atoms with E-state index in [-0.39, 0.29) is 5.92 Å². The van der Waals surface area contributed by atoms with Crippen LogP contribution in [0.2, 0.25) is 0 Å². The van der Waals surface area contributed by atoms with Gasteiger partial charge in [0.1, 0.15) is 0 Å². The molecule has 7 heteroatoms. The van der Waals surface area contributed by atoms with Gasteiger partial charge in [0, 0.05) is 20.0 Å². The molecule has 0 aliphatic carbocycles. The monoisotopic (exact) mass is 389 g/mol. The van der Waals surface area contributed by atoms with Crippen molar-refractivity contribution in [3.63, 3.8) is 0 Å². The van der Waals surface area contributed by atoms with Gasteiger partial charge < -0.3 is 28.6 Å². The summed E-state index contributed by atoms with van der Waals surface area (Å²) in [5, 5.41) is 0. The fourth-order valence-corrected chi connectivity index (χ4v) is 2.77. The van der Waals surface area contributed by atoms with E-state index in [9.17, 15) is 4.79 Å². The van der Waals surface area contributed by atoms with Crippen molar-refractivity contribution >= 4 is 6.09 Å². The minimum atomic E-state index is -0.476. The summed E-state index contributed by atoms with van der Waals surface area (Å²) in [7, 11) is 9.51. The second-order valence-electron chi connectivity index (χ2n) is 6.35. The molecule has 0 spiro atoms. The maximum Gasteiger partial charge on any atom is 0.414 e. The molecule has 2 aromatic carbocycles. The zero-order valence-electron chi connectivity index (χ0n) is 17.4. The minimum Gasteiger partial charge on any atom is -0.493 e. The number of ether oxygens (including phenoxy) is 5. The molecule has 0 saturated carbocycles. The van der Waals surface area contributed by atoms with E-state index < -0.39 is 6.09 Å². The number of carbonyl (C=O) groups excluding carboxylic acids is 1. The molecule has 0 radical (unpaired) electrons. The number of benzene rings is 2. The van der Waals surface area contributed by atoms with E-state index in [1.54, 1.807) is 47.6 Å². The Morgan fingerprint density at radius 3 is 1.79 bits per heavy atom. The van der Waals surface area contributed by atoms with Crippen LogP contribution in [0.1, 0.15) is 24.0 Å². The third-order valence-corrected chi connectivity index (χ3v) is 4.44. The molecule has 0 saturated heterocycles. The number of rotatable bonds is 7. The Morgan fingerprint density at radius 2 is 1.32 bits per heavy atom. The predicted octanol–water partition coefficient (Wildman–Crippen LogP) is 3.93. The molecule has 1 amide bonds. The first kappa shape index (κ1) is 21.2. The highest BCUT2D eigenvalue weighted by atomic mass is 16.6. The molecule has 0 aromatic heterocycles. The van der Waals surface area contributed by atoms with Gasteiger partial charge in [-0.2, -0.15) is 0 Å². The average molecular weight is 389 g/mol. The summed E-state index contributed by atoms with van der Waals surface area (Å²) >= 11 is 0. The second-order valence-corrected chi connectivity index (χ2v) is 6.35. The standard InChI is InChI=1S/C21H27NO6/c1-13(15-11-18(25-5)20(27-7)19(12-15)26-6)14-8-9-16(24-4)17(10-14)28-21(23)22(2)3/h8-13H,1-7H3. The predicted molar refractivity (Wildman–Crippen MR) is 106 cm³/mol. The van der Waals surface area contributed by atoms with Crippen LogP contribution in [-0.4, -0.2) is 53.5 Å². The molecular weight excluding hydrogens is 362 g/mol.